The van der Waals surface area contributed by atoms with E-state index >= 15 is 0 Å². The van der Waals surface area contributed by atoms with E-state index in [0.29, 0.717) is 25.5 Å². The summed E-state index contributed by atoms with van der Waals surface area (Å²) < 4.78 is 28.7. The van der Waals surface area contributed by atoms with Gasteiger partial charge in [-0.3, -0.25) is 4.99 Å². The van der Waals surface area contributed by atoms with Crippen LogP contribution in [0.25, 0.3) is 0 Å². The van der Waals surface area contributed by atoms with Crippen LogP contribution in [0.2, 0.25) is 0 Å². The number of sulfone groups is 1. The molecule has 2 rings (SSSR count). The average Bonchev–Trinajstić information content (AvgIpc) is 2.90. The lowest BCUT2D eigenvalue weighted by Gasteiger charge is -2.15. The van der Waals surface area contributed by atoms with Gasteiger partial charge in [0.05, 0.1) is 18.1 Å². The van der Waals surface area contributed by atoms with Crippen LogP contribution in [0.1, 0.15) is 26.2 Å². The maximum Gasteiger partial charge on any atom is 0.191 e. The molecule has 0 bridgehead atoms. The number of para-hydroxylation sites is 1. The Hall–Kier alpha value is -1.03. The molecular weight excluding hydrogens is 453 g/mol. The Bertz CT molecular complexity index is 623. The summed E-state index contributed by atoms with van der Waals surface area (Å²) in [5, 5.41) is 6.38. The summed E-state index contributed by atoms with van der Waals surface area (Å²) in [5.41, 5.74) is 0. The molecule has 0 spiro atoms. The molecule has 1 aromatic rings. The molecule has 2 N–H and O–H groups in total. The summed E-state index contributed by atoms with van der Waals surface area (Å²) in [6.07, 6.45) is 2.50. The number of aliphatic imine (C=N–C) groups is 1. The second-order valence-electron chi connectivity index (χ2n) is 5.87. The highest BCUT2D eigenvalue weighted by atomic mass is 127. The van der Waals surface area contributed by atoms with Gasteiger partial charge in [-0.25, -0.2) is 8.42 Å². The van der Waals surface area contributed by atoms with Crippen molar-refractivity contribution in [2.75, 3.05) is 31.2 Å². The summed E-state index contributed by atoms with van der Waals surface area (Å²) in [7, 11) is -2.88. The minimum Gasteiger partial charge on any atom is -0.494 e. The third kappa shape index (κ3) is 8.75. The van der Waals surface area contributed by atoms with Gasteiger partial charge in [0, 0.05) is 19.1 Å². The van der Waals surface area contributed by atoms with Gasteiger partial charge in [0.25, 0.3) is 0 Å². The van der Waals surface area contributed by atoms with Crippen molar-refractivity contribution in [3.8, 4) is 5.75 Å². The zero-order chi connectivity index (χ0) is 17.3. The Kier molecular flexibility index (Phi) is 10.2. The molecule has 0 aliphatic carbocycles. The minimum atomic E-state index is -2.88. The Morgan fingerprint density at radius 3 is 2.68 bits per heavy atom. The first kappa shape index (κ1) is 22.0. The molecule has 0 saturated carbocycles. The minimum absolute atomic E-state index is 0. The molecule has 1 atom stereocenters. The molecule has 25 heavy (non-hydrogen) atoms. The van der Waals surface area contributed by atoms with Crippen LogP contribution >= 0.6 is 24.0 Å². The molecule has 1 saturated heterocycles. The Morgan fingerprint density at radius 2 is 2.04 bits per heavy atom. The molecule has 0 radical (unpaired) electrons. The summed E-state index contributed by atoms with van der Waals surface area (Å²) in [5.74, 6) is 2.05. The fourth-order valence-corrected chi connectivity index (χ4v) is 4.21. The lowest BCUT2D eigenvalue weighted by molar-refractivity contribution is 0.308. The fraction of sp³-hybridized carbons (Fsp3) is 0.588. The first-order valence-electron chi connectivity index (χ1n) is 8.52. The zero-order valence-corrected chi connectivity index (χ0v) is 17.8. The van der Waals surface area contributed by atoms with Crippen LogP contribution in [0.3, 0.4) is 0 Å². The first-order valence-corrected chi connectivity index (χ1v) is 10.3. The Morgan fingerprint density at radius 1 is 1.28 bits per heavy atom. The van der Waals surface area contributed by atoms with Crippen LogP contribution in [0.15, 0.2) is 35.3 Å². The summed E-state index contributed by atoms with van der Waals surface area (Å²) in [6.45, 7) is 4.11. The summed E-state index contributed by atoms with van der Waals surface area (Å²) in [4.78, 5) is 4.51. The number of halogens is 1. The van der Waals surface area contributed by atoms with E-state index < -0.39 is 9.84 Å². The number of guanidine groups is 1. The van der Waals surface area contributed by atoms with Crippen molar-refractivity contribution >= 4 is 39.8 Å². The van der Waals surface area contributed by atoms with Crippen LogP contribution in [0, 0.1) is 0 Å². The largest absolute Gasteiger partial charge is 0.494 e. The smallest absolute Gasteiger partial charge is 0.191 e. The number of nitrogens with zero attached hydrogens (tertiary/aromatic N) is 1. The lowest BCUT2D eigenvalue weighted by Crippen LogP contribution is -2.44. The standard InChI is InChI=1S/C17H27N3O3S.HI/c1-2-18-17(20-15-10-13-24(21,22)14-15)19-11-6-7-12-23-16-8-4-3-5-9-16;/h3-5,8-9,15H,2,6-7,10-14H2,1H3,(H2,18,19,20);1H. The number of benzene rings is 1. The maximum atomic E-state index is 11.5. The quantitative estimate of drug-likeness (QED) is 0.258. The van der Waals surface area contributed by atoms with Gasteiger partial charge in [-0.05, 0) is 38.3 Å². The molecule has 1 fully saturated rings. The van der Waals surface area contributed by atoms with Gasteiger partial charge in [-0.2, -0.15) is 0 Å². The monoisotopic (exact) mass is 481 g/mol. The Labute approximate surface area is 167 Å². The SMILES string of the molecule is CCNC(=NCCCCOc1ccccc1)NC1CCS(=O)(=O)C1.I. The third-order valence-corrected chi connectivity index (χ3v) is 5.52. The first-order chi connectivity index (χ1) is 11.6. The van der Waals surface area contributed by atoms with E-state index in [4.69, 9.17) is 4.74 Å². The highest BCUT2D eigenvalue weighted by molar-refractivity contribution is 14.0. The van der Waals surface area contributed by atoms with Crippen molar-refractivity contribution in [1.29, 1.82) is 0 Å². The van der Waals surface area contributed by atoms with Crippen molar-refractivity contribution in [3.05, 3.63) is 30.3 Å². The van der Waals surface area contributed by atoms with E-state index in [-0.39, 0.29) is 41.5 Å². The normalized spacial score (nSPS) is 19.1. The van der Waals surface area contributed by atoms with Gasteiger partial charge in [0.1, 0.15) is 5.75 Å². The van der Waals surface area contributed by atoms with Crippen molar-refractivity contribution in [2.24, 2.45) is 4.99 Å². The number of unbranched alkanes of at least 4 members (excludes halogenated alkanes) is 1. The molecular formula is C17H28IN3O3S. The molecule has 142 valence electrons. The van der Waals surface area contributed by atoms with Gasteiger partial charge in [-0.1, -0.05) is 18.2 Å². The molecule has 1 aliphatic rings. The van der Waals surface area contributed by atoms with Crippen molar-refractivity contribution in [1.82, 2.24) is 10.6 Å². The van der Waals surface area contributed by atoms with Crippen LogP contribution < -0.4 is 15.4 Å². The molecule has 0 amide bonds. The average molecular weight is 481 g/mol. The Balaban J connectivity index is 0.00000312. The predicted molar refractivity (Wildman–Crippen MR) is 113 cm³/mol. The van der Waals surface area contributed by atoms with E-state index in [9.17, 15) is 8.42 Å². The lowest BCUT2D eigenvalue weighted by atomic mass is 10.3. The van der Waals surface area contributed by atoms with Crippen LogP contribution in [-0.4, -0.2) is 51.6 Å². The van der Waals surface area contributed by atoms with E-state index in [1.807, 2.05) is 37.3 Å². The molecule has 1 unspecified atom stereocenters. The molecule has 1 aliphatic heterocycles. The van der Waals surface area contributed by atoms with Gasteiger partial charge in [0.15, 0.2) is 15.8 Å². The molecule has 8 heteroatoms. The van der Waals surface area contributed by atoms with Crippen LogP contribution in [-0.2, 0) is 9.84 Å². The number of nitrogens with one attached hydrogen (secondary N) is 2. The van der Waals surface area contributed by atoms with Crippen molar-refractivity contribution in [2.45, 2.75) is 32.2 Å². The maximum absolute atomic E-state index is 11.5. The molecule has 1 heterocycles. The fourth-order valence-electron chi connectivity index (χ4n) is 2.53. The second kappa shape index (κ2) is 11.6. The molecule has 6 nitrogen and oxygen atoms in total. The third-order valence-electron chi connectivity index (χ3n) is 3.75. The predicted octanol–water partition coefficient (Wildman–Crippen LogP) is 2.21. The summed E-state index contributed by atoms with van der Waals surface area (Å²) >= 11 is 0. The van der Waals surface area contributed by atoms with Crippen molar-refractivity contribution in [3.63, 3.8) is 0 Å². The van der Waals surface area contributed by atoms with Crippen LogP contribution in [0.5, 0.6) is 5.75 Å². The number of ether oxygens (including phenoxy) is 1. The van der Waals surface area contributed by atoms with Gasteiger partial charge in [-0.15, -0.1) is 24.0 Å². The van der Waals surface area contributed by atoms with E-state index in [0.717, 1.165) is 25.1 Å². The van der Waals surface area contributed by atoms with E-state index in [1.54, 1.807) is 0 Å². The summed E-state index contributed by atoms with van der Waals surface area (Å²) in [6, 6.07) is 9.73. The number of rotatable bonds is 8. The van der Waals surface area contributed by atoms with Gasteiger partial charge in [0.2, 0.25) is 0 Å². The van der Waals surface area contributed by atoms with E-state index in [1.165, 1.54) is 0 Å². The van der Waals surface area contributed by atoms with Crippen molar-refractivity contribution < 1.29 is 13.2 Å². The molecule has 1 aromatic carbocycles. The van der Waals surface area contributed by atoms with Gasteiger partial charge < -0.3 is 15.4 Å². The van der Waals surface area contributed by atoms with E-state index in [2.05, 4.69) is 15.6 Å². The highest BCUT2D eigenvalue weighted by Gasteiger charge is 2.28. The second-order valence-corrected chi connectivity index (χ2v) is 8.10. The zero-order valence-electron chi connectivity index (χ0n) is 14.6. The highest BCUT2D eigenvalue weighted by Crippen LogP contribution is 2.11. The van der Waals surface area contributed by atoms with Crippen LogP contribution in [0.4, 0.5) is 0 Å². The number of hydrogen-bond acceptors (Lipinski definition) is 4. The molecule has 0 aromatic heterocycles. The number of hydrogen-bond donors (Lipinski definition) is 2. The topological polar surface area (TPSA) is 79.8 Å². The van der Waals surface area contributed by atoms with Gasteiger partial charge >= 0.3 is 0 Å².